The third-order valence-electron chi connectivity index (χ3n) is 6.38. The largest absolute Gasteiger partial charge is 0.474 e. The van der Waals surface area contributed by atoms with Gasteiger partial charge in [-0.2, -0.15) is 5.10 Å². The maximum Gasteiger partial charge on any atom is 0.258 e. The summed E-state index contributed by atoms with van der Waals surface area (Å²) in [5.74, 6) is 1.04. The Morgan fingerprint density at radius 3 is 2.37 bits per heavy atom. The summed E-state index contributed by atoms with van der Waals surface area (Å²) in [7, 11) is 8.08. The van der Waals surface area contributed by atoms with Gasteiger partial charge in [0, 0.05) is 18.9 Å². The number of aryl methyl sites for hydroxylation is 1. The average Bonchev–Trinajstić information content (AvgIpc) is 3.44. The normalized spacial score (nSPS) is 14.6. The Morgan fingerprint density at radius 1 is 0.976 bits per heavy atom. The Bertz CT molecular complexity index is 1620. The van der Waals surface area contributed by atoms with Crippen LogP contribution < -0.4 is 15.8 Å². The molecule has 4 N–H and O–H groups in total. The number of likely N-dealkylation sites (N-methyl/N-ethyl adjacent to an activating group) is 1. The van der Waals surface area contributed by atoms with Gasteiger partial charge in [-0.05, 0) is 77.9 Å². The maximum absolute atomic E-state index is 8.60. The van der Waals surface area contributed by atoms with E-state index in [9.17, 15) is 0 Å². The number of aliphatic imine (C=N–C) groups is 2. The van der Waals surface area contributed by atoms with Gasteiger partial charge in [0.15, 0.2) is 11.7 Å². The molecule has 0 fully saturated rings. The summed E-state index contributed by atoms with van der Waals surface area (Å²) in [6.45, 7) is 2.13. The number of ether oxygens (including phenoxy) is 1. The zero-order valence-corrected chi connectivity index (χ0v) is 23.3. The monoisotopic (exact) mass is 557 g/mol. The SMILES string of the molecule is C.CN(C)CCCc1nn2ccccc2c1N=C1N=C(Nc2c(OCCN(C)C)nn3ccccc23)C(=N)C=C1N. The number of aromatic nitrogens is 4. The highest BCUT2D eigenvalue weighted by molar-refractivity contribution is 6.52. The van der Waals surface area contributed by atoms with Crippen molar-refractivity contribution in [1.29, 1.82) is 5.41 Å². The molecule has 0 atom stereocenters. The second-order valence-corrected chi connectivity index (χ2v) is 10.1. The van der Waals surface area contributed by atoms with Crippen LogP contribution in [0.2, 0.25) is 0 Å². The minimum Gasteiger partial charge on any atom is -0.474 e. The molecule has 0 bridgehead atoms. The van der Waals surface area contributed by atoms with Crippen molar-refractivity contribution < 1.29 is 4.74 Å². The van der Waals surface area contributed by atoms with Crippen LogP contribution in [-0.2, 0) is 6.42 Å². The molecular formula is C29H39N11O. The lowest BCUT2D eigenvalue weighted by atomic mass is 10.1. The minimum atomic E-state index is 0. The third kappa shape index (κ3) is 6.61. The number of hydrogen-bond acceptors (Lipinski definition) is 9. The lowest BCUT2D eigenvalue weighted by molar-refractivity contribution is 0.254. The Labute approximate surface area is 240 Å². The van der Waals surface area contributed by atoms with E-state index in [2.05, 4.69) is 29.4 Å². The molecule has 0 saturated carbocycles. The van der Waals surface area contributed by atoms with Crippen molar-refractivity contribution in [1.82, 2.24) is 29.0 Å². The van der Waals surface area contributed by atoms with E-state index >= 15 is 0 Å². The molecule has 0 radical (unpaired) electrons. The molecular weight excluding hydrogens is 518 g/mol. The highest BCUT2D eigenvalue weighted by Gasteiger charge is 2.22. The first-order chi connectivity index (χ1) is 19.3. The predicted octanol–water partition coefficient (Wildman–Crippen LogP) is 3.47. The molecule has 12 nitrogen and oxygen atoms in total. The quantitative estimate of drug-likeness (QED) is 0.272. The van der Waals surface area contributed by atoms with Crippen LogP contribution in [0.15, 0.2) is 70.5 Å². The number of anilines is 1. The second kappa shape index (κ2) is 12.7. The maximum atomic E-state index is 8.60. The molecule has 1 aliphatic heterocycles. The number of dihydropyridines is 1. The fourth-order valence-corrected chi connectivity index (χ4v) is 4.34. The molecule has 5 rings (SSSR count). The van der Waals surface area contributed by atoms with Gasteiger partial charge in [0.1, 0.15) is 18.0 Å². The minimum absolute atomic E-state index is 0. The second-order valence-electron chi connectivity index (χ2n) is 10.1. The van der Waals surface area contributed by atoms with Gasteiger partial charge in [-0.15, -0.1) is 5.10 Å². The van der Waals surface area contributed by atoms with Gasteiger partial charge in [-0.1, -0.05) is 19.6 Å². The molecule has 4 aromatic heterocycles. The van der Waals surface area contributed by atoms with E-state index in [0.717, 1.165) is 48.3 Å². The van der Waals surface area contributed by atoms with Gasteiger partial charge in [0.2, 0.25) is 0 Å². The number of rotatable bonds is 10. The molecule has 216 valence electrons. The van der Waals surface area contributed by atoms with Crippen LogP contribution in [0.1, 0.15) is 19.5 Å². The number of nitrogens with zero attached hydrogens (tertiary/aromatic N) is 8. The van der Waals surface area contributed by atoms with Gasteiger partial charge >= 0.3 is 0 Å². The molecule has 0 aromatic carbocycles. The molecule has 0 spiro atoms. The number of hydrogen-bond donors (Lipinski definition) is 3. The summed E-state index contributed by atoms with van der Waals surface area (Å²) in [4.78, 5) is 13.8. The van der Waals surface area contributed by atoms with Crippen LogP contribution in [0.4, 0.5) is 11.4 Å². The van der Waals surface area contributed by atoms with Crippen molar-refractivity contribution >= 4 is 39.8 Å². The Kier molecular flexibility index (Phi) is 9.15. The molecule has 41 heavy (non-hydrogen) atoms. The van der Waals surface area contributed by atoms with Crippen molar-refractivity contribution in [3.63, 3.8) is 0 Å². The fourth-order valence-electron chi connectivity index (χ4n) is 4.34. The fraction of sp³-hybridized carbons (Fsp3) is 0.345. The van der Waals surface area contributed by atoms with Gasteiger partial charge in [0.25, 0.3) is 5.88 Å². The molecule has 0 amide bonds. The van der Waals surface area contributed by atoms with E-state index in [1.54, 1.807) is 10.6 Å². The lowest BCUT2D eigenvalue weighted by Crippen LogP contribution is -2.29. The Morgan fingerprint density at radius 2 is 1.66 bits per heavy atom. The van der Waals surface area contributed by atoms with Crippen molar-refractivity contribution in [2.45, 2.75) is 20.3 Å². The summed E-state index contributed by atoms with van der Waals surface area (Å²) in [6.07, 6.45) is 7.01. The van der Waals surface area contributed by atoms with Crippen LogP contribution in [0.3, 0.4) is 0 Å². The van der Waals surface area contributed by atoms with E-state index in [-0.39, 0.29) is 13.1 Å². The summed E-state index contributed by atoms with van der Waals surface area (Å²) in [6, 6.07) is 11.6. The summed E-state index contributed by atoms with van der Waals surface area (Å²) < 4.78 is 9.58. The molecule has 0 saturated heterocycles. The zero-order chi connectivity index (χ0) is 28.2. The van der Waals surface area contributed by atoms with Crippen molar-refractivity contribution in [2.24, 2.45) is 15.7 Å². The molecule has 4 aromatic rings. The summed E-state index contributed by atoms with van der Waals surface area (Å²) in [5, 5.41) is 21.2. The van der Waals surface area contributed by atoms with Crippen molar-refractivity contribution in [2.75, 3.05) is 53.2 Å². The van der Waals surface area contributed by atoms with E-state index in [4.69, 9.17) is 31.0 Å². The number of nitrogens with two attached hydrogens (primary N) is 1. The van der Waals surface area contributed by atoms with Crippen LogP contribution in [0, 0.1) is 5.41 Å². The van der Waals surface area contributed by atoms with E-state index in [0.29, 0.717) is 35.5 Å². The Balaban J connectivity index is 0.00000387. The number of nitrogens with one attached hydrogen (secondary N) is 2. The van der Waals surface area contributed by atoms with Gasteiger partial charge < -0.3 is 25.6 Å². The number of amidine groups is 2. The van der Waals surface area contributed by atoms with Crippen molar-refractivity contribution in [3.05, 3.63) is 66.3 Å². The van der Waals surface area contributed by atoms with Crippen LogP contribution >= 0.6 is 0 Å². The standard InChI is InChI=1S/C28H35N11O.CH4/c1-36(2)13-9-10-21-24(22-11-5-7-14-38(22)34-21)31-26-19(29)18-20(30)27(33-26)32-25-23-12-6-8-15-39(23)35-28(25)40-17-16-37(3)4;/h5-8,11-12,14-15,18,30H,9-10,13,16-17,29H2,1-4H3,(H,31,32,33);1H4. The molecule has 1 aliphatic rings. The van der Waals surface area contributed by atoms with Crippen LogP contribution in [0.25, 0.3) is 11.0 Å². The summed E-state index contributed by atoms with van der Waals surface area (Å²) in [5.41, 5.74) is 10.7. The number of pyridine rings is 2. The predicted molar refractivity (Wildman–Crippen MR) is 166 cm³/mol. The van der Waals surface area contributed by atoms with Gasteiger partial charge in [-0.25, -0.2) is 19.0 Å². The first kappa shape index (κ1) is 29.4. The zero-order valence-electron chi connectivity index (χ0n) is 23.3. The van der Waals surface area contributed by atoms with E-state index < -0.39 is 0 Å². The van der Waals surface area contributed by atoms with Gasteiger partial charge in [0.05, 0.1) is 28.1 Å². The highest BCUT2D eigenvalue weighted by atomic mass is 16.5. The molecule has 12 heteroatoms. The average molecular weight is 558 g/mol. The Hall–Kier alpha value is -4.55. The van der Waals surface area contributed by atoms with Crippen LogP contribution in [0.5, 0.6) is 5.88 Å². The van der Waals surface area contributed by atoms with Crippen molar-refractivity contribution in [3.8, 4) is 5.88 Å². The molecule has 0 aliphatic carbocycles. The molecule has 5 heterocycles. The first-order valence-electron chi connectivity index (χ1n) is 13.2. The van der Waals surface area contributed by atoms with E-state index in [1.807, 2.05) is 72.3 Å². The first-order valence-corrected chi connectivity index (χ1v) is 13.2. The summed E-state index contributed by atoms with van der Waals surface area (Å²) >= 11 is 0. The van der Waals surface area contributed by atoms with Gasteiger partial charge in [-0.3, -0.25) is 5.41 Å². The van der Waals surface area contributed by atoms with Crippen LogP contribution in [-0.4, -0.2) is 94.3 Å². The smallest absolute Gasteiger partial charge is 0.258 e. The molecule has 0 unspecified atom stereocenters. The highest BCUT2D eigenvalue weighted by Crippen LogP contribution is 2.30. The topological polar surface area (TPSA) is 137 Å². The lowest BCUT2D eigenvalue weighted by Gasteiger charge is -2.16. The van der Waals surface area contributed by atoms with E-state index in [1.165, 1.54) is 0 Å². The third-order valence-corrected chi connectivity index (χ3v) is 6.38. The number of fused-ring (bicyclic) bond motifs is 2.